The third-order valence-corrected chi connectivity index (χ3v) is 9.02. The summed E-state index contributed by atoms with van der Waals surface area (Å²) in [4.78, 5) is 40.5. The molecule has 2 atom stereocenters. The minimum atomic E-state index is -0.676. The molecule has 0 radical (unpaired) electrons. The molecule has 2 aliphatic rings. The summed E-state index contributed by atoms with van der Waals surface area (Å²) in [6.07, 6.45) is 9.73. The number of aryl methyl sites for hydroxylation is 2. The van der Waals surface area contributed by atoms with Gasteiger partial charge in [0, 0.05) is 65.3 Å². The lowest BCUT2D eigenvalue weighted by Gasteiger charge is -2.44. The fraction of sp³-hybridized carbons (Fsp3) is 0.500. The zero-order valence-electron chi connectivity index (χ0n) is 25.5. The smallest absolute Gasteiger partial charge is 0.318 e. The number of carbonyl (C=O) groups excluding carboxylic acids is 2. The van der Waals surface area contributed by atoms with Gasteiger partial charge in [0.1, 0.15) is 6.04 Å². The van der Waals surface area contributed by atoms with Gasteiger partial charge in [0.15, 0.2) is 0 Å². The van der Waals surface area contributed by atoms with Crippen molar-refractivity contribution < 1.29 is 9.59 Å². The first-order valence-corrected chi connectivity index (χ1v) is 16.0. The molecule has 5 rings (SSSR count). The molecule has 11 heteroatoms. The van der Waals surface area contributed by atoms with Crippen LogP contribution >= 0.6 is 27.5 Å². The number of halogens is 2. The normalized spacial score (nSPS) is 19.3. The van der Waals surface area contributed by atoms with E-state index in [1.54, 1.807) is 17.4 Å². The number of hydrogen-bond donors (Lipinski definition) is 2. The van der Waals surface area contributed by atoms with Crippen molar-refractivity contribution in [3.8, 4) is 0 Å². The second kappa shape index (κ2) is 12.6. The third-order valence-electron chi connectivity index (χ3n) is 8.35. The number of pyridine rings is 1. The van der Waals surface area contributed by atoms with Gasteiger partial charge >= 0.3 is 6.03 Å². The highest BCUT2D eigenvalue weighted by atomic mass is 79.9. The van der Waals surface area contributed by atoms with Crippen LogP contribution in [0.4, 0.5) is 4.79 Å². The van der Waals surface area contributed by atoms with Gasteiger partial charge in [-0.2, -0.15) is 0 Å². The number of carbonyl (C=O) groups is 2. The summed E-state index contributed by atoms with van der Waals surface area (Å²) < 4.78 is 2.98. The van der Waals surface area contributed by atoms with Crippen LogP contribution in [0.15, 0.2) is 53.7 Å². The van der Waals surface area contributed by atoms with Crippen LogP contribution in [0.2, 0.25) is 5.02 Å². The number of rotatable bonds is 6. The third kappa shape index (κ3) is 7.24. The molecule has 43 heavy (non-hydrogen) atoms. The number of nitrogens with one attached hydrogen (secondary N) is 2. The Labute approximate surface area is 267 Å². The predicted molar refractivity (Wildman–Crippen MR) is 172 cm³/mol. The molecule has 3 heterocycles. The molecule has 0 spiro atoms. The van der Waals surface area contributed by atoms with Gasteiger partial charge in [0.05, 0.1) is 18.1 Å². The lowest BCUT2D eigenvalue weighted by atomic mass is 9.95. The molecule has 1 aromatic carbocycles. The maximum absolute atomic E-state index is 13.9. The molecule has 1 saturated heterocycles. The van der Waals surface area contributed by atoms with E-state index in [-0.39, 0.29) is 23.5 Å². The van der Waals surface area contributed by atoms with E-state index in [9.17, 15) is 9.59 Å². The molecule has 9 nitrogen and oxygen atoms in total. The monoisotopic (exact) mass is 669 g/mol. The van der Waals surface area contributed by atoms with Crippen LogP contribution in [0.3, 0.4) is 0 Å². The summed E-state index contributed by atoms with van der Waals surface area (Å²) in [5.74, 6) is -0.163. The number of amides is 3. The highest BCUT2D eigenvalue weighted by Crippen LogP contribution is 2.38. The zero-order chi connectivity index (χ0) is 30.9. The number of hydrogen-bond acceptors (Lipinski definition) is 5. The van der Waals surface area contributed by atoms with E-state index in [4.69, 9.17) is 16.6 Å². The molecule has 0 saturated carbocycles. The van der Waals surface area contributed by atoms with Crippen molar-refractivity contribution in [3.05, 3.63) is 81.1 Å². The Kier molecular flexibility index (Phi) is 9.20. The number of fused-ring (bicyclic) bond motifs is 2. The summed E-state index contributed by atoms with van der Waals surface area (Å²) in [6, 6.07) is 7.13. The van der Waals surface area contributed by atoms with Crippen molar-refractivity contribution in [3.63, 3.8) is 0 Å². The minimum absolute atomic E-state index is 0.163. The predicted octanol–water partition coefficient (Wildman–Crippen LogP) is 5.32. The summed E-state index contributed by atoms with van der Waals surface area (Å²) in [5.41, 5.74) is 3.83. The largest absolute Gasteiger partial charge is 0.354 e. The Morgan fingerprint density at radius 1 is 1.09 bits per heavy atom. The summed E-state index contributed by atoms with van der Waals surface area (Å²) in [6.45, 7) is 11.9. The summed E-state index contributed by atoms with van der Waals surface area (Å²) in [7, 11) is 0. The van der Waals surface area contributed by atoms with Gasteiger partial charge in [-0.15, -0.1) is 0 Å². The fourth-order valence-electron chi connectivity index (χ4n) is 6.04. The van der Waals surface area contributed by atoms with Gasteiger partial charge in [-0.05, 0) is 105 Å². The number of imidazole rings is 1. The van der Waals surface area contributed by atoms with E-state index in [2.05, 4.69) is 62.4 Å². The molecule has 1 aliphatic carbocycles. The molecular formula is C32H41BrClN7O2. The second-order valence-corrected chi connectivity index (χ2v) is 14.5. The quantitative estimate of drug-likeness (QED) is 0.371. The van der Waals surface area contributed by atoms with Crippen molar-refractivity contribution in [2.24, 2.45) is 0 Å². The SMILES string of the molecule is CC(C)(C)NC(=O)N1CCN([C@H]2c3ccc(Cl)cc3CCc3cc(Br)cnc32)C[C@@H]1C(=O)NCCC(C)(C)n1ccnc1. The average molecular weight is 671 g/mol. The Morgan fingerprint density at radius 3 is 2.58 bits per heavy atom. The van der Waals surface area contributed by atoms with Crippen LogP contribution < -0.4 is 10.6 Å². The van der Waals surface area contributed by atoms with Gasteiger partial charge in [0.25, 0.3) is 0 Å². The van der Waals surface area contributed by atoms with Crippen LogP contribution in [0.5, 0.6) is 0 Å². The van der Waals surface area contributed by atoms with E-state index >= 15 is 0 Å². The molecule has 230 valence electrons. The minimum Gasteiger partial charge on any atom is -0.354 e. The van der Waals surface area contributed by atoms with Gasteiger partial charge < -0.3 is 20.1 Å². The van der Waals surface area contributed by atoms with Crippen molar-refractivity contribution in [1.29, 1.82) is 0 Å². The molecule has 0 unspecified atom stereocenters. The van der Waals surface area contributed by atoms with Crippen LogP contribution in [0, 0.1) is 0 Å². The Balaban J connectivity index is 1.43. The topological polar surface area (TPSA) is 95.4 Å². The van der Waals surface area contributed by atoms with Gasteiger partial charge in [0.2, 0.25) is 5.91 Å². The van der Waals surface area contributed by atoms with Crippen molar-refractivity contribution in [1.82, 2.24) is 35.0 Å². The summed E-state index contributed by atoms with van der Waals surface area (Å²) >= 11 is 10.0. The number of piperazine rings is 1. The first-order chi connectivity index (χ1) is 20.3. The lowest BCUT2D eigenvalue weighted by Crippen LogP contribution is -2.64. The van der Waals surface area contributed by atoms with Gasteiger partial charge in [-0.3, -0.25) is 14.7 Å². The first-order valence-electron chi connectivity index (χ1n) is 14.8. The van der Waals surface area contributed by atoms with Gasteiger partial charge in [-0.25, -0.2) is 9.78 Å². The number of benzene rings is 1. The van der Waals surface area contributed by atoms with E-state index in [1.165, 1.54) is 11.1 Å². The maximum Gasteiger partial charge on any atom is 0.318 e. The molecule has 1 fully saturated rings. The Bertz CT molecular complexity index is 1420. The molecule has 2 N–H and O–H groups in total. The number of nitrogens with zero attached hydrogens (tertiary/aromatic N) is 5. The van der Waals surface area contributed by atoms with Crippen LogP contribution in [-0.4, -0.2) is 74.0 Å². The second-order valence-electron chi connectivity index (χ2n) is 13.2. The Morgan fingerprint density at radius 2 is 1.86 bits per heavy atom. The first kappa shape index (κ1) is 31.5. The molecule has 1 aliphatic heterocycles. The van der Waals surface area contributed by atoms with E-state index < -0.39 is 11.6 Å². The zero-order valence-corrected chi connectivity index (χ0v) is 27.9. The fourth-order valence-corrected chi connectivity index (χ4v) is 6.61. The number of urea groups is 1. The van der Waals surface area contributed by atoms with E-state index in [0.29, 0.717) is 37.6 Å². The van der Waals surface area contributed by atoms with E-state index in [0.717, 1.165) is 28.6 Å². The average Bonchev–Trinajstić information content (AvgIpc) is 3.44. The summed E-state index contributed by atoms with van der Waals surface area (Å²) in [5, 5.41) is 6.92. The maximum atomic E-state index is 13.9. The number of aromatic nitrogens is 3. The van der Waals surface area contributed by atoms with Gasteiger partial charge in [-0.1, -0.05) is 17.7 Å². The van der Waals surface area contributed by atoms with Crippen molar-refractivity contribution in [2.75, 3.05) is 26.2 Å². The van der Waals surface area contributed by atoms with Crippen LogP contribution in [-0.2, 0) is 23.2 Å². The lowest BCUT2D eigenvalue weighted by molar-refractivity contribution is -0.127. The Hall–Kier alpha value is -2.95. The van der Waals surface area contributed by atoms with Crippen LogP contribution in [0.25, 0.3) is 0 Å². The van der Waals surface area contributed by atoms with Crippen molar-refractivity contribution in [2.45, 2.75) is 77.0 Å². The molecule has 2 aromatic heterocycles. The van der Waals surface area contributed by atoms with E-state index in [1.807, 2.05) is 49.9 Å². The molecular weight excluding hydrogens is 630 g/mol. The van der Waals surface area contributed by atoms with Crippen LogP contribution in [0.1, 0.15) is 69.5 Å². The molecule has 3 amide bonds. The highest BCUT2D eigenvalue weighted by Gasteiger charge is 2.41. The molecule has 0 bridgehead atoms. The van der Waals surface area contributed by atoms with Crippen molar-refractivity contribution >= 4 is 39.5 Å². The molecule has 3 aromatic rings. The highest BCUT2D eigenvalue weighted by molar-refractivity contribution is 9.10. The standard InChI is InChI=1S/C32H41BrClN7O2/c1-31(2,3)38-30(43)41-15-14-39(19-26(41)29(42)36-11-10-32(4,5)40-13-12-35-20-40)28-25-9-8-24(34)17-21(25)6-7-22-16-23(33)18-37-27(22)28/h8-9,12-13,16-18,20,26,28H,6-7,10-11,14-15,19H2,1-5H3,(H,36,42)(H,38,43)/t26-,28+/m1/s1.